The van der Waals surface area contributed by atoms with Gasteiger partial charge in [-0.25, -0.2) is 0 Å². The molecule has 4 nitrogen and oxygen atoms in total. The van der Waals surface area contributed by atoms with Crippen molar-refractivity contribution in [3.05, 3.63) is 53.7 Å². The number of aryl methyl sites for hydroxylation is 1. The van der Waals surface area contributed by atoms with Gasteiger partial charge in [0.25, 0.3) is 0 Å². The summed E-state index contributed by atoms with van der Waals surface area (Å²) >= 11 is 0. The Kier molecular flexibility index (Phi) is 4.65. The molecule has 0 aliphatic heterocycles. The van der Waals surface area contributed by atoms with Crippen molar-refractivity contribution in [2.75, 3.05) is 0 Å². The minimum atomic E-state index is -0.753. The van der Waals surface area contributed by atoms with E-state index in [9.17, 15) is 4.79 Å². The van der Waals surface area contributed by atoms with Gasteiger partial charge in [0.2, 0.25) is 0 Å². The lowest BCUT2D eigenvalue weighted by Crippen LogP contribution is -1.97. The third kappa shape index (κ3) is 3.32. The standard InChI is InChI=1S/C20H22N2O2/c1-13(2)14-9-10-17-16(12-14)15(6-5-8-19(23)24)20(22-17)18-7-3-4-11-21-18/h3-4,7,9-13,22H,5-6,8H2,1-2H3,(H,23,24). The van der Waals surface area contributed by atoms with Gasteiger partial charge < -0.3 is 10.1 Å². The average Bonchev–Trinajstić information content (AvgIpc) is 2.93. The highest BCUT2D eigenvalue weighted by atomic mass is 16.4. The van der Waals surface area contributed by atoms with E-state index in [4.69, 9.17) is 5.11 Å². The van der Waals surface area contributed by atoms with Crippen molar-refractivity contribution in [2.24, 2.45) is 0 Å². The molecule has 0 bridgehead atoms. The van der Waals surface area contributed by atoms with Crippen LogP contribution < -0.4 is 0 Å². The minimum absolute atomic E-state index is 0.179. The Morgan fingerprint density at radius 3 is 2.75 bits per heavy atom. The van der Waals surface area contributed by atoms with Gasteiger partial charge in [-0.05, 0) is 54.2 Å². The summed E-state index contributed by atoms with van der Waals surface area (Å²) in [7, 11) is 0. The first-order chi connectivity index (χ1) is 11.6. The Labute approximate surface area is 141 Å². The number of aliphatic carboxylic acids is 1. The van der Waals surface area contributed by atoms with Crippen molar-refractivity contribution in [3.63, 3.8) is 0 Å². The first-order valence-corrected chi connectivity index (χ1v) is 8.34. The largest absolute Gasteiger partial charge is 0.481 e. The van der Waals surface area contributed by atoms with Crippen LogP contribution in [-0.2, 0) is 11.2 Å². The number of carbonyl (C=O) groups is 1. The first kappa shape index (κ1) is 16.2. The van der Waals surface area contributed by atoms with E-state index in [2.05, 4.69) is 42.0 Å². The van der Waals surface area contributed by atoms with Crippen LogP contribution in [-0.4, -0.2) is 21.0 Å². The van der Waals surface area contributed by atoms with Gasteiger partial charge in [0.15, 0.2) is 0 Å². The molecule has 0 atom stereocenters. The molecule has 1 aromatic carbocycles. The number of nitrogens with zero attached hydrogens (tertiary/aromatic N) is 1. The number of H-pyrrole nitrogens is 1. The second kappa shape index (κ2) is 6.87. The normalized spacial score (nSPS) is 11.3. The number of aromatic nitrogens is 2. The number of carboxylic acid groups (broad SMARTS) is 1. The highest BCUT2D eigenvalue weighted by molar-refractivity contribution is 5.90. The zero-order valence-corrected chi connectivity index (χ0v) is 14.0. The summed E-state index contributed by atoms with van der Waals surface area (Å²) < 4.78 is 0. The minimum Gasteiger partial charge on any atom is -0.481 e. The monoisotopic (exact) mass is 322 g/mol. The Hall–Kier alpha value is -2.62. The molecule has 2 heterocycles. The number of pyridine rings is 1. The molecule has 0 radical (unpaired) electrons. The predicted octanol–water partition coefficient (Wildman–Crippen LogP) is 4.76. The summed E-state index contributed by atoms with van der Waals surface area (Å²) in [5, 5.41) is 10.1. The molecule has 4 heteroatoms. The number of hydrogen-bond acceptors (Lipinski definition) is 2. The molecular weight excluding hydrogens is 300 g/mol. The number of rotatable bonds is 6. The fraction of sp³-hybridized carbons (Fsp3) is 0.300. The fourth-order valence-corrected chi connectivity index (χ4v) is 3.03. The highest BCUT2D eigenvalue weighted by Gasteiger charge is 2.15. The van der Waals surface area contributed by atoms with Crippen LogP contribution in [0, 0.1) is 0 Å². The second-order valence-electron chi connectivity index (χ2n) is 6.40. The van der Waals surface area contributed by atoms with Gasteiger partial charge in [-0.2, -0.15) is 0 Å². The van der Waals surface area contributed by atoms with Crippen LogP contribution in [0.2, 0.25) is 0 Å². The molecule has 3 aromatic rings. The molecule has 124 valence electrons. The van der Waals surface area contributed by atoms with Crippen LogP contribution in [0.5, 0.6) is 0 Å². The third-order valence-corrected chi connectivity index (χ3v) is 4.34. The number of nitrogens with one attached hydrogen (secondary N) is 1. The van der Waals surface area contributed by atoms with E-state index in [0.29, 0.717) is 12.3 Å². The molecule has 0 fully saturated rings. The van der Waals surface area contributed by atoms with Crippen molar-refractivity contribution in [2.45, 2.75) is 39.0 Å². The van der Waals surface area contributed by atoms with Crippen LogP contribution in [0.25, 0.3) is 22.3 Å². The van der Waals surface area contributed by atoms with Crippen molar-refractivity contribution < 1.29 is 9.90 Å². The number of fused-ring (bicyclic) bond motifs is 1. The molecule has 3 rings (SSSR count). The lowest BCUT2D eigenvalue weighted by molar-refractivity contribution is -0.137. The Bertz CT molecular complexity index is 851. The van der Waals surface area contributed by atoms with Crippen LogP contribution in [0.15, 0.2) is 42.6 Å². The van der Waals surface area contributed by atoms with E-state index >= 15 is 0 Å². The lowest BCUT2D eigenvalue weighted by atomic mass is 9.97. The first-order valence-electron chi connectivity index (χ1n) is 8.34. The Balaban J connectivity index is 2.09. The van der Waals surface area contributed by atoms with Gasteiger partial charge in [-0.1, -0.05) is 26.0 Å². The zero-order chi connectivity index (χ0) is 17.1. The number of aromatic amines is 1. The maximum atomic E-state index is 10.9. The SMILES string of the molecule is CC(C)c1ccc2[nH]c(-c3ccccn3)c(CCCC(=O)O)c2c1. The number of hydrogen-bond donors (Lipinski definition) is 2. The van der Waals surface area contributed by atoms with E-state index in [1.807, 2.05) is 18.2 Å². The Morgan fingerprint density at radius 2 is 2.08 bits per heavy atom. The fourth-order valence-electron chi connectivity index (χ4n) is 3.03. The molecule has 0 saturated carbocycles. The summed E-state index contributed by atoms with van der Waals surface area (Å²) in [4.78, 5) is 18.8. The topological polar surface area (TPSA) is 66.0 Å². The molecule has 24 heavy (non-hydrogen) atoms. The molecule has 2 aromatic heterocycles. The van der Waals surface area contributed by atoms with Gasteiger partial charge in [-0.3, -0.25) is 9.78 Å². The van der Waals surface area contributed by atoms with Crippen LogP contribution >= 0.6 is 0 Å². The summed E-state index contributed by atoms with van der Waals surface area (Å²) in [6.45, 7) is 4.36. The molecule has 0 spiro atoms. The maximum absolute atomic E-state index is 10.9. The van der Waals surface area contributed by atoms with E-state index in [-0.39, 0.29) is 6.42 Å². The third-order valence-electron chi connectivity index (χ3n) is 4.34. The molecular formula is C20H22N2O2. The van der Waals surface area contributed by atoms with Gasteiger partial charge in [-0.15, -0.1) is 0 Å². The maximum Gasteiger partial charge on any atom is 0.303 e. The van der Waals surface area contributed by atoms with Crippen molar-refractivity contribution in [3.8, 4) is 11.4 Å². The van der Waals surface area contributed by atoms with E-state index in [0.717, 1.165) is 28.9 Å². The zero-order valence-electron chi connectivity index (χ0n) is 14.0. The average molecular weight is 322 g/mol. The van der Waals surface area contributed by atoms with Crippen LogP contribution in [0.3, 0.4) is 0 Å². The molecule has 2 N–H and O–H groups in total. The quantitative estimate of drug-likeness (QED) is 0.687. The summed E-state index contributed by atoms with van der Waals surface area (Å²) in [6, 6.07) is 12.3. The second-order valence-corrected chi connectivity index (χ2v) is 6.40. The van der Waals surface area contributed by atoms with Crippen molar-refractivity contribution in [1.82, 2.24) is 9.97 Å². The molecule has 0 aliphatic carbocycles. The predicted molar refractivity (Wildman–Crippen MR) is 96.2 cm³/mol. The molecule has 0 aliphatic rings. The van der Waals surface area contributed by atoms with E-state index in [1.165, 1.54) is 10.9 Å². The van der Waals surface area contributed by atoms with Crippen LogP contribution in [0.1, 0.15) is 43.7 Å². The smallest absolute Gasteiger partial charge is 0.303 e. The highest BCUT2D eigenvalue weighted by Crippen LogP contribution is 2.32. The molecule has 0 saturated heterocycles. The lowest BCUT2D eigenvalue weighted by Gasteiger charge is -2.07. The number of carboxylic acids is 1. The van der Waals surface area contributed by atoms with Gasteiger partial charge in [0.1, 0.15) is 0 Å². The summed E-state index contributed by atoms with van der Waals surface area (Å²) in [6.07, 6.45) is 3.30. The van der Waals surface area contributed by atoms with Gasteiger partial charge in [0.05, 0.1) is 11.4 Å². The van der Waals surface area contributed by atoms with Gasteiger partial charge in [0, 0.05) is 23.5 Å². The molecule has 0 amide bonds. The Morgan fingerprint density at radius 1 is 1.25 bits per heavy atom. The van der Waals surface area contributed by atoms with Crippen molar-refractivity contribution >= 4 is 16.9 Å². The van der Waals surface area contributed by atoms with Gasteiger partial charge >= 0.3 is 5.97 Å². The van der Waals surface area contributed by atoms with Crippen molar-refractivity contribution in [1.29, 1.82) is 0 Å². The summed E-state index contributed by atoms with van der Waals surface area (Å²) in [5.41, 5.74) is 5.41. The van der Waals surface area contributed by atoms with Crippen LogP contribution in [0.4, 0.5) is 0 Å². The van der Waals surface area contributed by atoms with E-state index in [1.54, 1.807) is 6.20 Å². The van der Waals surface area contributed by atoms with E-state index < -0.39 is 5.97 Å². The summed E-state index contributed by atoms with van der Waals surface area (Å²) in [5.74, 6) is -0.299. The number of benzene rings is 1. The molecule has 0 unspecified atom stereocenters.